The zero-order valence-corrected chi connectivity index (χ0v) is 27.5. The maximum absolute atomic E-state index is 6.97. The summed E-state index contributed by atoms with van der Waals surface area (Å²) in [6.07, 6.45) is 12.3. The third-order valence-electron chi connectivity index (χ3n) is 10.7. The average molecular weight is 650 g/mol. The Bertz CT molecular complexity index is 2650. The molecule has 0 bridgehead atoms. The van der Waals surface area contributed by atoms with Crippen LogP contribution in [0.2, 0.25) is 0 Å². The van der Waals surface area contributed by atoms with Crippen molar-refractivity contribution in [3.05, 3.63) is 166 Å². The Morgan fingerprint density at radius 3 is 2.59 bits per heavy atom. The van der Waals surface area contributed by atoms with E-state index in [2.05, 4.69) is 143 Å². The molecule has 4 nitrogen and oxygen atoms in total. The number of hydrogen-bond acceptors (Lipinski definition) is 4. The number of aromatic nitrogens is 1. The number of benzene rings is 5. The van der Waals surface area contributed by atoms with Crippen molar-refractivity contribution in [3.8, 4) is 5.75 Å². The van der Waals surface area contributed by atoms with E-state index < -0.39 is 0 Å². The predicted octanol–water partition coefficient (Wildman–Crippen LogP) is 11.0. The molecule has 7 aromatic rings. The standard InChI is InChI=1S/C44H31N3OS/c1-2-12-27(13-3-1)39-43-40(34-16-7-9-20-38(34)49-43)46-44(45-39)28-22-23-31-33-17-10-19-36(42(33)48-37(31)25-28)47-35-18-8-6-15-30(35)32-24-21-26-11-4-5-14-29(26)41(32)47/h1-5,7-14,16,18-25,33,39H,6,15,17H2,(H,45,46). The van der Waals surface area contributed by atoms with Gasteiger partial charge < -0.3 is 14.6 Å². The first-order valence-corrected chi connectivity index (χ1v) is 18.0. The molecule has 1 N–H and O–H groups in total. The Hall–Kier alpha value is -5.65. The van der Waals surface area contributed by atoms with Crippen molar-refractivity contribution in [2.45, 2.75) is 31.2 Å². The first kappa shape index (κ1) is 27.3. The van der Waals surface area contributed by atoms with Crippen LogP contribution >= 0.6 is 11.3 Å². The van der Waals surface area contributed by atoms with E-state index in [1.165, 1.54) is 59.0 Å². The number of allylic oxidation sites excluding steroid dienone is 5. The van der Waals surface area contributed by atoms with Gasteiger partial charge in [0.05, 0.1) is 33.7 Å². The molecule has 5 aromatic carbocycles. The third-order valence-corrected chi connectivity index (χ3v) is 11.9. The third kappa shape index (κ3) is 4.00. The summed E-state index contributed by atoms with van der Waals surface area (Å²) in [7, 11) is 0. The van der Waals surface area contributed by atoms with Crippen LogP contribution in [-0.4, -0.2) is 10.4 Å². The largest absolute Gasteiger partial charge is 0.459 e. The second kappa shape index (κ2) is 10.4. The summed E-state index contributed by atoms with van der Waals surface area (Å²) in [4.78, 5) is 6.54. The van der Waals surface area contributed by atoms with Crippen LogP contribution in [0.25, 0.3) is 43.5 Å². The minimum absolute atomic E-state index is 0.0208. The predicted molar refractivity (Wildman–Crippen MR) is 203 cm³/mol. The number of hydrogen-bond donors (Lipinski definition) is 1. The summed E-state index contributed by atoms with van der Waals surface area (Å²) in [5.41, 5.74) is 9.68. The number of amidine groups is 1. The van der Waals surface area contributed by atoms with E-state index in [0.29, 0.717) is 0 Å². The topological polar surface area (TPSA) is 38.5 Å². The number of rotatable bonds is 3. The van der Waals surface area contributed by atoms with Gasteiger partial charge in [0.2, 0.25) is 0 Å². The molecule has 11 rings (SSSR count). The lowest BCUT2D eigenvalue weighted by molar-refractivity contribution is 0.425. The number of ether oxygens (including phenoxy) is 1. The number of nitrogens with zero attached hydrogens (tertiary/aromatic N) is 2. The maximum atomic E-state index is 6.97. The van der Waals surface area contributed by atoms with Gasteiger partial charge in [0.15, 0.2) is 0 Å². The van der Waals surface area contributed by atoms with Crippen molar-refractivity contribution in [1.82, 2.24) is 9.88 Å². The van der Waals surface area contributed by atoms with Crippen LogP contribution in [0.1, 0.15) is 57.6 Å². The number of aliphatic imine (C=N–C) groups is 1. The summed E-state index contributed by atoms with van der Waals surface area (Å²) in [6.45, 7) is 0. The van der Waals surface area contributed by atoms with Crippen LogP contribution in [-0.2, 0) is 6.42 Å². The first-order chi connectivity index (χ1) is 24.3. The first-order valence-electron chi connectivity index (χ1n) is 17.2. The Morgan fingerprint density at radius 1 is 0.796 bits per heavy atom. The van der Waals surface area contributed by atoms with Crippen molar-refractivity contribution in [2.75, 3.05) is 0 Å². The Kier molecular flexibility index (Phi) is 5.81. The van der Waals surface area contributed by atoms with Gasteiger partial charge in [0.25, 0.3) is 0 Å². The number of nitrogens with one attached hydrogen (secondary N) is 1. The highest BCUT2D eigenvalue weighted by molar-refractivity contribution is 7.19. The van der Waals surface area contributed by atoms with Gasteiger partial charge in [0.1, 0.15) is 17.3 Å². The normalized spacial score (nSPS) is 19.0. The molecule has 2 aliphatic heterocycles. The van der Waals surface area contributed by atoms with E-state index in [1.54, 1.807) is 0 Å². The van der Waals surface area contributed by atoms with Gasteiger partial charge in [-0.05, 0) is 60.1 Å². The zero-order chi connectivity index (χ0) is 32.1. The fraction of sp³-hybridized carbons (Fsp3) is 0.114. The number of fused-ring (bicyclic) bond motifs is 11. The molecule has 2 unspecified atom stereocenters. The molecule has 2 aromatic heterocycles. The van der Waals surface area contributed by atoms with Crippen LogP contribution in [0.4, 0.5) is 5.69 Å². The Morgan fingerprint density at radius 2 is 1.65 bits per heavy atom. The molecule has 0 saturated heterocycles. The lowest BCUT2D eigenvalue weighted by Crippen LogP contribution is -2.32. The fourth-order valence-corrected chi connectivity index (χ4v) is 9.64. The second-order valence-corrected chi connectivity index (χ2v) is 14.5. The van der Waals surface area contributed by atoms with Crippen molar-refractivity contribution >= 4 is 66.4 Å². The van der Waals surface area contributed by atoms with E-state index in [9.17, 15) is 0 Å². The molecule has 0 amide bonds. The SMILES string of the molecule is C1=Cc2c(c3ccc4ccccc4c3n2C2=C3Oc4cc(C5=Nc6c(sc7ccccc67)C(c6ccccc6)N5)ccc4C3CC=C2)CC1. The summed E-state index contributed by atoms with van der Waals surface area (Å²) < 4.78 is 10.7. The van der Waals surface area contributed by atoms with Crippen molar-refractivity contribution in [3.63, 3.8) is 0 Å². The maximum Gasteiger partial charge on any atom is 0.136 e. The molecule has 0 saturated carbocycles. The minimum atomic E-state index is 0.0208. The van der Waals surface area contributed by atoms with Crippen LogP contribution in [0.5, 0.6) is 5.75 Å². The van der Waals surface area contributed by atoms with E-state index in [0.717, 1.165) is 53.6 Å². The summed E-state index contributed by atoms with van der Waals surface area (Å²) in [5, 5.41) is 8.91. The van der Waals surface area contributed by atoms with Gasteiger partial charge >= 0.3 is 0 Å². The molecule has 5 heteroatoms. The van der Waals surface area contributed by atoms with Gasteiger partial charge in [-0.1, -0.05) is 109 Å². The van der Waals surface area contributed by atoms with Gasteiger partial charge in [-0.25, -0.2) is 4.99 Å². The van der Waals surface area contributed by atoms with Gasteiger partial charge in [-0.3, -0.25) is 0 Å². The van der Waals surface area contributed by atoms with E-state index in [4.69, 9.17) is 9.73 Å². The average Bonchev–Trinajstić information content (AvgIpc) is 3.84. The minimum Gasteiger partial charge on any atom is -0.459 e. The van der Waals surface area contributed by atoms with Gasteiger partial charge in [-0.2, -0.15) is 0 Å². The van der Waals surface area contributed by atoms with Crippen molar-refractivity contribution < 1.29 is 4.74 Å². The number of thiophene rings is 1. The molecule has 2 atom stereocenters. The smallest absolute Gasteiger partial charge is 0.136 e. The van der Waals surface area contributed by atoms with Gasteiger partial charge in [0, 0.05) is 37.7 Å². The van der Waals surface area contributed by atoms with Crippen LogP contribution in [0, 0.1) is 0 Å². The van der Waals surface area contributed by atoms with E-state index in [-0.39, 0.29) is 12.0 Å². The molecule has 2 aliphatic carbocycles. The number of aryl methyl sites for hydroxylation is 1. The van der Waals surface area contributed by atoms with Crippen LogP contribution in [0.15, 0.2) is 138 Å². The van der Waals surface area contributed by atoms with Crippen molar-refractivity contribution in [1.29, 1.82) is 0 Å². The highest BCUT2D eigenvalue weighted by atomic mass is 32.1. The summed E-state index contributed by atoms with van der Waals surface area (Å²) in [5.74, 6) is 3.00. The summed E-state index contributed by atoms with van der Waals surface area (Å²) >= 11 is 1.83. The highest BCUT2D eigenvalue weighted by Crippen LogP contribution is 2.50. The van der Waals surface area contributed by atoms with Gasteiger partial charge in [-0.15, -0.1) is 11.3 Å². The Labute approximate surface area is 288 Å². The molecular formula is C44H31N3OS. The molecule has 0 fully saturated rings. The quantitative estimate of drug-likeness (QED) is 0.207. The van der Waals surface area contributed by atoms with E-state index in [1.807, 2.05) is 11.3 Å². The molecule has 4 aliphatic rings. The second-order valence-electron chi connectivity index (χ2n) is 13.4. The molecule has 234 valence electrons. The van der Waals surface area contributed by atoms with Crippen molar-refractivity contribution in [2.24, 2.45) is 4.99 Å². The lowest BCUT2D eigenvalue weighted by atomic mass is 9.90. The van der Waals surface area contributed by atoms with E-state index >= 15 is 0 Å². The molecule has 49 heavy (non-hydrogen) atoms. The lowest BCUT2D eigenvalue weighted by Gasteiger charge is -2.25. The zero-order valence-electron chi connectivity index (χ0n) is 26.7. The Balaban J connectivity index is 1.06. The molecule has 4 heterocycles. The molecule has 0 spiro atoms. The monoisotopic (exact) mass is 649 g/mol. The van der Waals surface area contributed by atoms with Crippen LogP contribution < -0.4 is 10.1 Å². The molecular weight excluding hydrogens is 619 g/mol. The summed E-state index contributed by atoms with van der Waals surface area (Å²) in [6, 6.07) is 39.4. The fourth-order valence-electron chi connectivity index (χ4n) is 8.42. The molecule has 0 radical (unpaired) electrons. The van der Waals surface area contributed by atoms with Crippen LogP contribution in [0.3, 0.4) is 0 Å². The highest BCUT2D eigenvalue weighted by Gasteiger charge is 2.36.